The van der Waals surface area contributed by atoms with Crippen LogP contribution in [0.15, 0.2) is 30.3 Å². The van der Waals surface area contributed by atoms with Crippen LogP contribution in [0.3, 0.4) is 0 Å². The molecule has 0 amide bonds. The highest BCUT2D eigenvalue weighted by Gasteiger charge is 2.29. The quantitative estimate of drug-likeness (QED) is 0.535. The fourth-order valence-electron chi connectivity index (χ4n) is 4.35. The summed E-state index contributed by atoms with van der Waals surface area (Å²) in [6.45, 7) is 2.66. The molecule has 0 spiro atoms. The highest BCUT2D eigenvalue weighted by atomic mass is 16.5. The molecule has 9 heteroatoms. The average Bonchev–Trinajstić information content (AvgIpc) is 3.24. The first-order chi connectivity index (χ1) is 14.5. The van der Waals surface area contributed by atoms with Crippen LogP contribution in [-0.4, -0.2) is 60.0 Å². The molecule has 0 radical (unpaired) electrons. The number of carbonyl (C=O) groups is 1. The fraction of sp³-hybridized carbons (Fsp3) is 0.333. The van der Waals surface area contributed by atoms with Gasteiger partial charge in [-0.3, -0.25) is 0 Å². The molecule has 0 saturated carbocycles. The van der Waals surface area contributed by atoms with Gasteiger partial charge in [0.2, 0.25) is 0 Å². The maximum absolute atomic E-state index is 11.6. The Kier molecular flexibility index (Phi) is 4.30. The van der Waals surface area contributed by atoms with Crippen LogP contribution in [0.4, 0.5) is 0 Å². The van der Waals surface area contributed by atoms with Gasteiger partial charge in [0.25, 0.3) is 0 Å². The Morgan fingerprint density at radius 2 is 2.07 bits per heavy atom. The van der Waals surface area contributed by atoms with Crippen molar-refractivity contribution < 1.29 is 19.7 Å². The number of hydrogen-bond donors (Lipinski definition) is 2. The topological polar surface area (TPSA) is 115 Å². The number of rotatable bonds is 3. The SMILES string of the molecule is Cc1nnn(C)c1-c1ccc2c(n1)c1ccc(C(=O)O)cc1n2C1CCOCC1O. The fourth-order valence-corrected chi connectivity index (χ4v) is 4.35. The van der Waals surface area contributed by atoms with Crippen molar-refractivity contribution in [3.05, 3.63) is 41.6 Å². The second kappa shape index (κ2) is 6.89. The van der Waals surface area contributed by atoms with E-state index in [1.807, 2.05) is 30.7 Å². The van der Waals surface area contributed by atoms with Crippen molar-refractivity contribution in [3.8, 4) is 11.4 Å². The number of aliphatic hydroxyl groups excluding tert-OH is 1. The smallest absolute Gasteiger partial charge is 0.335 e. The van der Waals surface area contributed by atoms with Gasteiger partial charge in [-0.25, -0.2) is 14.5 Å². The molecule has 2 atom stereocenters. The summed E-state index contributed by atoms with van der Waals surface area (Å²) in [5, 5.41) is 29.1. The van der Waals surface area contributed by atoms with Gasteiger partial charge in [0.1, 0.15) is 5.69 Å². The van der Waals surface area contributed by atoms with E-state index in [0.717, 1.165) is 39.0 Å². The molecule has 2 unspecified atom stereocenters. The van der Waals surface area contributed by atoms with E-state index in [2.05, 4.69) is 10.3 Å². The number of hydrogen-bond acceptors (Lipinski definition) is 6. The number of aromatic nitrogens is 5. The van der Waals surface area contributed by atoms with Crippen molar-refractivity contribution in [1.29, 1.82) is 0 Å². The van der Waals surface area contributed by atoms with Gasteiger partial charge in [-0.1, -0.05) is 5.21 Å². The molecule has 1 aromatic carbocycles. The van der Waals surface area contributed by atoms with E-state index in [4.69, 9.17) is 9.72 Å². The first kappa shape index (κ1) is 18.7. The van der Waals surface area contributed by atoms with E-state index in [1.54, 1.807) is 22.9 Å². The molecule has 1 saturated heterocycles. The molecule has 1 aliphatic heterocycles. The van der Waals surface area contributed by atoms with Gasteiger partial charge in [0.15, 0.2) is 0 Å². The maximum Gasteiger partial charge on any atom is 0.335 e. The van der Waals surface area contributed by atoms with Gasteiger partial charge >= 0.3 is 5.97 Å². The lowest BCUT2D eigenvalue weighted by Gasteiger charge is -2.30. The molecule has 30 heavy (non-hydrogen) atoms. The third kappa shape index (κ3) is 2.78. The van der Waals surface area contributed by atoms with Crippen LogP contribution in [0.1, 0.15) is 28.5 Å². The average molecular weight is 407 g/mol. The van der Waals surface area contributed by atoms with E-state index < -0.39 is 12.1 Å². The third-order valence-corrected chi connectivity index (χ3v) is 5.75. The van der Waals surface area contributed by atoms with Crippen LogP contribution in [0.5, 0.6) is 0 Å². The lowest BCUT2D eigenvalue weighted by molar-refractivity contribution is -0.0363. The summed E-state index contributed by atoms with van der Waals surface area (Å²) in [7, 11) is 1.82. The second-order valence-corrected chi connectivity index (χ2v) is 7.62. The van der Waals surface area contributed by atoms with E-state index in [-0.39, 0.29) is 18.2 Å². The van der Waals surface area contributed by atoms with E-state index in [1.165, 1.54) is 0 Å². The summed E-state index contributed by atoms with van der Waals surface area (Å²) in [6, 6.07) is 8.67. The first-order valence-corrected chi connectivity index (χ1v) is 9.76. The molecule has 3 aromatic heterocycles. The van der Waals surface area contributed by atoms with Gasteiger partial charge in [0, 0.05) is 19.0 Å². The number of fused-ring (bicyclic) bond motifs is 3. The molecule has 2 N–H and O–H groups in total. The minimum Gasteiger partial charge on any atom is -0.478 e. The number of carboxylic acids is 1. The molecule has 0 aliphatic carbocycles. The number of aryl methyl sites for hydroxylation is 2. The largest absolute Gasteiger partial charge is 0.478 e. The van der Waals surface area contributed by atoms with E-state index >= 15 is 0 Å². The number of aliphatic hydroxyl groups is 1. The van der Waals surface area contributed by atoms with Crippen molar-refractivity contribution >= 4 is 27.9 Å². The third-order valence-electron chi connectivity index (χ3n) is 5.75. The zero-order valence-electron chi connectivity index (χ0n) is 16.6. The minimum atomic E-state index is -0.994. The van der Waals surface area contributed by atoms with E-state index in [9.17, 15) is 15.0 Å². The van der Waals surface area contributed by atoms with Crippen molar-refractivity contribution in [2.45, 2.75) is 25.5 Å². The molecule has 0 bridgehead atoms. The van der Waals surface area contributed by atoms with Gasteiger partial charge < -0.3 is 19.5 Å². The van der Waals surface area contributed by atoms with Crippen LogP contribution in [-0.2, 0) is 11.8 Å². The van der Waals surface area contributed by atoms with Crippen molar-refractivity contribution in [2.75, 3.05) is 13.2 Å². The number of ether oxygens (including phenoxy) is 1. The van der Waals surface area contributed by atoms with Crippen molar-refractivity contribution in [2.24, 2.45) is 7.05 Å². The minimum absolute atomic E-state index is 0.194. The molecule has 1 fully saturated rings. The Bertz CT molecular complexity index is 1270. The van der Waals surface area contributed by atoms with Crippen molar-refractivity contribution in [3.63, 3.8) is 0 Å². The molecule has 4 aromatic rings. The highest BCUT2D eigenvalue weighted by molar-refractivity contribution is 6.08. The molecule has 1 aliphatic rings. The zero-order valence-corrected chi connectivity index (χ0v) is 16.6. The number of aromatic carboxylic acids is 1. The summed E-state index contributed by atoms with van der Waals surface area (Å²) < 4.78 is 9.10. The Labute approximate surface area is 171 Å². The maximum atomic E-state index is 11.6. The summed E-state index contributed by atoms with van der Waals surface area (Å²) in [4.78, 5) is 16.5. The van der Waals surface area contributed by atoms with Crippen LogP contribution < -0.4 is 0 Å². The molecular weight excluding hydrogens is 386 g/mol. The van der Waals surface area contributed by atoms with Crippen LogP contribution in [0.2, 0.25) is 0 Å². The highest BCUT2D eigenvalue weighted by Crippen LogP contribution is 2.36. The Morgan fingerprint density at radius 3 is 2.77 bits per heavy atom. The van der Waals surface area contributed by atoms with Crippen LogP contribution in [0, 0.1) is 6.92 Å². The standard InChI is InChI=1S/C21H21N5O4/c1-11-20(25(2)24-23-11)14-5-6-16-19(22-14)13-4-3-12(21(28)29)9-17(13)26(16)15-7-8-30-10-18(15)27/h3-6,9,15,18,27H,7-8,10H2,1-2H3,(H,28,29). The number of pyridine rings is 1. The molecule has 5 rings (SSSR count). The van der Waals surface area contributed by atoms with Crippen LogP contribution >= 0.6 is 0 Å². The number of carboxylic acid groups (broad SMARTS) is 1. The Morgan fingerprint density at radius 1 is 1.23 bits per heavy atom. The van der Waals surface area contributed by atoms with Gasteiger partial charge in [-0.05, 0) is 43.7 Å². The summed E-state index contributed by atoms with van der Waals surface area (Å²) in [6.07, 6.45) is -0.0571. The summed E-state index contributed by atoms with van der Waals surface area (Å²) >= 11 is 0. The van der Waals surface area contributed by atoms with Crippen molar-refractivity contribution in [1.82, 2.24) is 24.5 Å². The molecule has 9 nitrogen and oxygen atoms in total. The Balaban J connectivity index is 1.81. The summed E-state index contributed by atoms with van der Waals surface area (Å²) in [5.74, 6) is -0.994. The lowest BCUT2D eigenvalue weighted by atomic mass is 10.1. The predicted molar refractivity (Wildman–Crippen MR) is 109 cm³/mol. The summed E-state index contributed by atoms with van der Waals surface area (Å²) in [5.41, 5.74) is 4.86. The van der Waals surface area contributed by atoms with Gasteiger partial charge in [-0.15, -0.1) is 5.10 Å². The van der Waals surface area contributed by atoms with Gasteiger partial charge in [-0.2, -0.15) is 0 Å². The Hall–Kier alpha value is -3.30. The zero-order chi connectivity index (χ0) is 21.0. The second-order valence-electron chi connectivity index (χ2n) is 7.62. The first-order valence-electron chi connectivity index (χ1n) is 9.76. The molecule has 154 valence electrons. The normalized spacial score (nSPS) is 19.6. The molecule has 4 heterocycles. The van der Waals surface area contributed by atoms with E-state index in [0.29, 0.717) is 13.0 Å². The number of benzene rings is 1. The van der Waals surface area contributed by atoms with Crippen LogP contribution in [0.25, 0.3) is 33.3 Å². The van der Waals surface area contributed by atoms with Gasteiger partial charge in [0.05, 0.1) is 52.3 Å². The molecular formula is C21H21N5O4. The monoisotopic (exact) mass is 407 g/mol. The lowest BCUT2D eigenvalue weighted by Crippen LogP contribution is -2.34. The predicted octanol–water partition coefficient (Wildman–Crippen LogP) is 2.31. The number of nitrogens with zero attached hydrogens (tertiary/aromatic N) is 5.